The summed E-state index contributed by atoms with van der Waals surface area (Å²) in [5, 5.41) is 20.6. The molecule has 0 aromatic carbocycles. The fourth-order valence-corrected chi connectivity index (χ4v) is 4.45. The predicted molar refractivity (Wildman–Crippen MR) is 68.3 cm³/mol. The normalized spacial score (nSPS) is 48.1. The van der Waals surface area contributed by atoms with Crippen LogP contribution in [0.15, 0.2) is 10.6 Å². The van der Waals surface area contributed by atoms with E-state index in [4.69, 9.17) is 0 Å². The van der Waals surface area contributed by atoms with E-state index in [0.29, 0.717) is 5.92 Å². The van der Waals surface area contributed by atoms with Gasteiger partial charge in [-0.15, -0.1) is 0 Å². The van der Waals surface area contributed by atoms with Crippen molar-refractivity contribution in [1.82, 2.24) is 0 Å². The number of allylic oxidation sites excluding steroid dienone is 1. The molecular weight excluding hydrogens is 268 g/mol. The van der Waals surface area contributed by atoms with Crippen LogP contribution in [0.3, 0.4) is 0 Å². The maximum absolute atomic E-state index is 10.7. The lowest BCUT2D eigenvalue weighted by molar-refractivity contribution is -0.143. The molecule has 0 aromatic rings. The molecule has 2 aliphatic rings. The van der Waals surface area contributed by atoms with Crippen molar-refractivity contribution in [3.63, 3.8) is 0 Å². The molecule has 0 aromatic heterocycles. The summed E-state index contributed by atoms with van der Waals surface area (Å²) in [5.41, 5.74) is 0.351. The number of rotatable bonds is 1. The Bertz CT molecular complexity index is 313. The summed E-state index contributed by atoms with van der Waals surface area (Å²) in [6.45, 7) is 3.87. The highest BCUT2D eigenvalue weighted by molar-refractivity contribution is 9.11. The molecule has 4 atom stereocenters. The quantitative estimate of drug-likeness (QED) is 0.779. The number of hydrogen-bond donors (Lipinski definition) is 2. The first-order valence-electron chi connectivity index (χ1n) is 6.15. The Kier molecular flexibility index (Phi) is 3.23. The highest BCUT2D eigenvalue weighted by Crippen LogP contribution is 2.60. The van der Waals surface area contributed by atoms with Crippen LogP contribution in [-0.4, -0.2) is 21.9 Å². The van der Waals surface area contributed by atoms with Crippen molar-refractivity contribution >= 4 is 15.9 Å². The third-order valence-corrected chi connectivity index (χ3v) is 5.60. The van der Waals surface area contributed by atoms with Crippen molar-refractivity contribution in [1.29, 1.82) is 0 Å². The minimum atomic E-state index is -0.903. The van der Waals surface area contributed by atoms with Crippen LogP contribution < -0.4 is 0 Å². The summed E-state index contributed by atoms with van der Waals surface area (Å²) in [6, 6.07) is 0. The molecule has 0 bridgehead atoms. The number of halogens is 1. The Morgan fingerprint density at radius 3 is 2.75 bits per heavy atom. The number of fused-ring (bicyclic) bond motifs is 1. The summed E-state index contributed by atoms with van der Waals surface area (Å²) >= 11 is 3.44. The monoisotopic (exact) mass is 288 g/mol. The van der Waals surface area contributed by atoms with Crippen molar-refractivity contribution in [2.24, 2.45) is 11.3 Å². The van der Waals surface area contributed by atoms with Gasteiger partial charge in [0.25, 0.3) is 0 Å². The van der Waals surface area contributed by atoms with Gasteiger partial charge in [0.1, 0.15) is 0 Å². The molecule has 2 aliphatic carbocycles. The van der Waals surface area contributed by atoms with E-state index >= 15 is 0 Å². The van der Waals surface area contributed by atoms with E-state index in [1.165, 1.54) is 5.57 Å². The molecule has 2 nitrogen and oxygen atoms in total. The fourth-order valence-electron chi connectivity index (χ4n) is 3.91. The van der Waals surface area contributed by atoms with Crippen LogP contribution in [0.1, 0.15) is 46.0 Å². The standard InChI is InChI=1S/C13H21BrO2/c1-9(15)13(16)7-5-11-10(8-14)4-3-6-12(11,13)2/h8-9,11,15-16H,3-7H2,1-2H3/t9-,11?,12+,13+/m1/s1. The molecule has 2 fully saturated rings. The van der Waals surface area contributed by atoms with Gasteiger partial charge < -0.3 is 10.2 Å². The molecule has 0 spiro atoms. The second-order valence-corrected chi connectivity index (χ2v) is 6.10. The van der Waals surface area contributed by atoms with Crippen molar-refractivity contribution < 1.29 is 10.2 Å². The Morgan fingerprint density at radius 2 is 2.19 bits per heavy atom. The van der Waals surface area contributed by atoms with E-state index in [0.717, 1.165) is 32.1 Å². The largest absolute Gasteiger partial charge is 0.390 e. The fraction of sp³-hybridized carbons (Fsp3) is 0.846. The molecule has 0 saturated heterocycles. The zero-order valence-corrected chi connectivity index (χ0v) is 11.6. The van der Waals surface area contributed by atoms with Gasteiger partial charge in [0.05, 0.1) is 11.7 Å². The Hall–Kier alpha value is 0.140. The second-order valence-electron chi connectivity index (χ2n) is 5.65. The Labute approximate surface area is 106 Å². The lowest BCUT2D eigenvalue weighted by Gasteiger charge is -2.48. The summed E-state index contributed by atoms with van der Waals surface area (Å²) in [7, 11) is 0. The molecule has 2 rings (SSSR count). The zero-order chi connectivity index (χ0) is 12.0. The van der Waals surface area contributed by atoms with E-state index < -0.39 is 11.7 Å². The van der Waals surface area contributed by atoms with Gasteiger partial charge in [-0.3, -0.25) is 0 Å². The molecule has 3 heteroatoms. The third kappa shape index (κ3) is 1.52. The molecule has 2 N–H and O–H groups in total. The minimum Gasteiger partial charge on any atom is -0.390 e. The van der Waals surface area contributed by atoms with E-state index in [9.17, 15) is 10.2 Å². The topological polar surface area (TPSA) is 40.5 Å². The molecule has 0 heterocycles. The van der Waals surface area contributed by atoms with Crippen LogP contribution in [0.5, 0.6) is 0 Å². The molecule has 16 heavy (non-hydrogen) atoms. The van der Waals surface area contributed by atoms with Gasteiger partial charge in [-0.1, -0.05) is 28.4 Å². The van der Waals surface area contributed by atoms with E-state index in [1.807, 2.05) is 4.99 Å². The smallest absolute Gasteiger partial charge is 0.0961 e. The first-order chi connectivity index (χ1) is 7.45. The minimum absolute atomic E-state index is 0.154. The molecular formula is C13H21BrO2. The van der Waals surface area contributed by atoms with Crippen LogP contribution in [0, 0.1) is 11.3 Å². The van der Waals surface area contributed by atoms with E-state index in [1.54, 1.807) is 6.92 Å². The summed E-state index contributed by atoms with van der Waals surface area (Å²) in [5.74, 6) is 0.431. The summed E-state index contributed by atoms with van der Waals surface area (Å²) in [6.07, 6.45) is 4.33. The molecule has 0 amide bonds. The number of hydrogen-bond acceptors (Lipinski definition) is 2. The maximum atomic E-state index is 10.7. The van der Waals surface area contributed by atoms with E-state index in [-0.39, 0.29) is 5.41 Å². The van der Waals surface area contributed by atoms with Crippen LogP contribution >= 0.6 is 15.9 Å². The number of aliphatic hydroxyl groups is 2. The van der Waals surface area contributed by atoms with Gasteiger partial charge in [0.15, 0.2) is 0 Å². The average molecular weight is 289 g/mol. The van der Waals surface area contributed by atoms with Crippen LogP contribution in [0.4, 0.5) is 0 Å². The van der Waals surface area contributed by atoms with Gasteiger partial charge in [-0.25, -0.2) is 0 Å². The first-order valence-corrected chi connectivity index (χ1v) is 7.07. The lowest BCUT2D eigenvalue weighted by atomic mass is 9.61. The van der Waals surface area contributed by atoms with Crippen molar-refractivity contribution in [2.45, 2.75) is 57.7 Å². The van der Waals surface area contributed by atoms with Crippen LogP contribution in [0.2, 0.25) is 0 Å². The summed E-state index contributed by atoms with van der Waals surface area (Å²) < 4.78 is 0. The van der Waals surface area contributed by atoms with Gasteiger partial charge in [0, 0.05) is 5.41 Å². The average Bonchev–Trinajstić information content (AvgIpc) is 2.52. The van der Waals surface area contributed by atoms with Gasteiger partial charge in [-0.05, 0) is 49.9 Å². The Balaban J connectivity index is 2.38. The zero-order valence-electron chi connectivity index (χ0n) is 10.0. The molecule has 92 valence electrons. The first kappa shape index (κ1) is 12.6. The van der Waals surface area contributed by atoms with Gasteiger partial charge in [0.2, 0.25) is 0 Å². The predicted octanol–water partition coefficient (Wildman–Crippen LogP) is 2.98. The molecule has 0 radical (unpaired) electrons. The highest BCUT2D eigenvalue weighted by Gasteiger charge is 2.60. The summed E-state index contributed by atoms with van der Waals surface area (Å²) in [4.78, 5) is 2.03. The third-order valence-electron chi connectivity index (χ3n) is 5.01. The van der Waals surface area contributed by atoms with E-state index in [2.05, 4.69) is 22.9 Å². The lowest BCUT2D eigenvalue weighted by Crippen LogP contribution is -2.53. The SMILES string of the molecule is C[C@@H](O)[C@@]1(O)CCC2C(=CBr)CCC[C@@]21C. The van der Waals surface area contributed by atoms with Crippen molar-refractivity contribution in [2.75, 3.05) is 0 Å². The molecule has 0 aliphatic heterocycles. The second kappa shape index (κ2) is 4.11. The highest BCUT2D eigenvalue weighted by atomic mass is 79.9. The van der Waals surface area contributed by atoms with Gasteiger partial charge >= 0.3 is 0 Å². The van der Waals surface area contributed by atoms with Crippen molar-refractivity contribution in [3.05, 3.63) is 10.6 Å². The van der Waals surface area contributed by atoms with Crippen LogP contribution in [-0.2, 0) is 0 Å². The number of aliphatic hydroxyl groups excluding tert-OH is 1. The Morgan fingerprint density at radius 1 is 1.50 bits per heavy atom. The van der Waals surface area contributed by atoms with Crippen LogP contribution in [0.25, 0.3) is 0 Å². The maximum Gasteiger partial charge on any atom is 0.0961 e. The van der Waals surface area contributed by atoms with Crippen molar-refractivity contribution in [3.8, 4) is 0 Å². The molecule has 2 saturated carbocycles. The van der Waals surface area contributed by atoms with Gasteiger partial charge in [-0.2, -0.15) is 0 Å². The molecule has 1 unspecified atom stereocenters.